The van der Waals surface area contributed by atoms with Crippen molar-refractivity contribution in [1.82, 2.24) is 10.2 Å². The number of allylic oxidation sites excluding steroid dienone is 3. The molecule has 104 valence electrons. The van der Waals surface area contributed by atoms with Crippen molar-refractivity contribution in [1.29, 1.82) is 0 Å². The van der Waals surface area contributed by atoms with Gasteiger partial charge in [-0.3, -0.25) is 9.59 Å². The number of likely N-dealkylation sites (tertiary alicyclic amines) is 1. The molecule has 1 fully saturated rings. The molecule has 0 bridgehead atoms. The second kappa shape index (κ2) is 6.55. The van der Waals surface area contributed by atoms with E-state index in [0.29, 0.717) is 18.8 Å². The molecule has 1 N–H and O–H groups in total. The van der Waals surface area contributed by atoms with E-state index in [1.165, 1.54) is 5.57 Å². The van der Waals surface area contributed by atoms with Gasteiger partial charge in [-0.1, -0.05) is 23.8 Å². The third kappa shape index (κ3) is 3.69. The van der Waals surface area contributed by atoms with Crippen molar-refractivity contribution >= 4 is 11.8 Å². The maximum atomic E-state index is 12.1. The topological polar surface area (TPSA) is 49.4 Å². The van der Waals surface area contributed by atoms with E-state index >= 15 is 0 Å². The Morgan fingerprint density at radius 2 is 2.26 bits per heavy atom. The van der Waals surface area contributed by atoms with Crippen LogP contribution in [-0.4, -0.2) is 36.9 Å². The van der Waals surface area contributed by atoms with Crippen LogP contribution in [-0.2, 0) is 9.59 Å². The molecule has 4 heteroatoms. The minimum Gasteiger partial charge on any atom is -0.359 e. The lowest BCUT2D eigenvalue weighted by Crippen LogP contribution is -2.41. The summed E-state index contributed by atoms with van der Waals surface area (Å²) >= 11 is 0. The third-order valence-electron chi connectivity index (χ3n) is 3.96. The lowest BCUT2D eigenvalue weighted by atomic mass is 9.88. The van der Waals surface area contributed by atoms with Crippen LogP contribution in [0.3, 0.4) is 0 Å². The molecule has 4 nitrogen and oxygen atoms in total. The fraction of sp³-hybridized carbons (Fsp3) is 0.600. The number of amides is 2. The van der Waals surface area contributed by atoms with E-state index in [1.54, 1.807) is 7.05 Å². The van der Waals surface area contributed by atoms with Crippen LogP contribution in [0, 0.1) is 5.92 Å². The Labute approximate surface area is 114 Å². The van der Waals surface area contributed by atoms with E-state index in [9.17, 15) is 9.59 Å². The third-order valence-corrected chi connectivity index (χ3v) is 3.96. The summed E-state index contributed by atoms with van der Waals surface area (Å²) in [5.41, 5.74) is 1.48. The predicted octanol–water partition coefficient (Wildman–Crippen LogP) is 1.64. The highest BCUT2D eigenvalue weighted by molar-refractivity contribution is 5.83. The van der Waals surface area contributed by atoms with Crippen molar-refractivity contribution in [3.63, 3.8) is 0 Å². The average molecular weight is 262 g/mol. The number of carbonyl (C=O) groups excluding carboxylic acids is 2. The summed E-state index contributed by atoms with van der Waals surface area (Å²) in [4.78, 5) is 25.2. The maximum Gasteiger partial charge on any atom is 0.223 e. The monoisotopic (exact) mass is 262 g/mol. The van der Waals surface area contributed by atoms with Gasteiger partial charge in [0.25, 0.3) is 0 Å². The van der Waals surface area contributed by atoms with E-state index in [-0.39, 0.29) is 11.8 Å². The van der Waals surface area contributed by atoms with Gasteiger partial charge in [0.15, 0.2) is 0 Å². The molecule has 0 radical (unpaired) electrons. The first-order valence-corrected chi connectivity index (χ1v) is 7.04. The van der Waals surface area contributed by atoms with Gasteiger partial charge in [0.05, 0.1) is 0 Å². The number of fused-ring (bicyclic) bond motifs is 1. The summed E-state index contributed by atoms with van der Waals surface area (Å²) in [6, 6.07) is 0. The van der Waals surface area contributed by atoms with Crippen LogP contribution in [0.2, 0.25) is 0 Å². The zero-order valence-corrected chi connectivity index (χ0v) is 11.5. The van der Waals surface area contributed by atoms with Crippen LogP contribution in [0.15, 0.2) is 23.8 Å². The molecule has 2 aliphatic rings. The molecule has 1 heterocycles. The summed E-state index contributed by atoms with van der Waals surface area (Å²) in [6.07, 6.45) is 10.4. The molecule has 19 heavy (non-hydrogen) atoms. The highest BCUT2D eigenvalue weighted by Gasteiger charge is 2.26. The van der Waals surface area contributed by atoms with Gasteiger partial charge in [-0.05, 0) is 25.2 Å². The van der Waals surface area contributed by atoms with Gasteiger partial charge in [-0.2, -0.15) is 0 Å². The molecular formula is C15H22N2O2. The molecule has 0 aromatic rings. The minimum absolute atomic E-state index is 0.0652. The Kier molecular flexibility index (Phi) is 4.77. The first kappa shape index (κ1) is 13.8. The van der Waals surface area contributed by atoms with Gasteiger partial charge < -0.3 is 10.2 Å². The summed E-state index contributed by atoms with van der Waals surface area (Å²) in [6.45, 7) is 1.61. The van der Waals surface area contributed by atoms with Crippen LogP contribution in [0.4, 0.5) is 0 Å². The molecule has 1 atom stereocenters. The number of carbonyl (C=O) groups is 2. The summed E-state index contributed by atoms with van der Waals surface area (Å²) in [5, 5.41) is 2.55. The Morgan fingerprint density at radius 3 is 3.05 bits per heavy atom. The maximum absolute atomic E-state index is 12.1. The van der Waals surface area contributed by atoms with Crippen molar-refractivity contribution < 1.29 is 9.59 Å². The van der Waals surface area contributed by atoms with Crippen molar-refractivity contribution in [2.24, 2.45) is 5.92 Å². The number of hydrogen-bond donors (Lipinski definition) is 1. The summed E-state index contributed by atoms with van der Waals surface area (Å²) < 4.78 is 0. The van der Waals surface area contributed by atoms with Crippen LogP contribution in [0.1, 0.15) is 32.1 Å². The number of piperidine rings is 1. The minimum atomic E-state index is -0.0652. The van der Waals surface area contributed by atoms with Crippen molar-refractivity contribution in [2.45, 2.75) is 32.1 Å². The Morgan fingerprint density at radius 1 is 1.42 bits per heavy atom. The molecule has 1 saturated heterocycles. The molecule has 0 aromatic heterocycles. The standard InChI is InChI=1S/C15H22N2O2/c1-16-14(18)7-8-15(19)17-10-9-12-5-3-2-4-6-13(12)11-17/h2-3,5,13H,4,6-11H2,1H3,(H,16,18). The van der Waals surface area contributed by atoms with E-state index in [1.807, 2.05) is 4.90 Å². The van der Waals surface area contributed by atoms with Gasteiger partial charge in [0, 0.05) is 33.0 Å². The van der Waals surface area contributed by atoms with Crippen molar-refractivity contribution in [2.75, 3.05) is 20.1 Å². The number of nitrogens with one attached hydrogen (secondary N) is 1. The zero-order chi connectivity index (χ0) is 13.7. The molecule has 2 rings (SSSR count). The number of hydrogen-bond acceptors (Lipinski definition) is 2. The van der Waals surface area contributed by atoms with Crippen LogP contribution < -0.4 is 5.32 Å². The van der Waals surface area contributed by atoms with Crippen molar-refractivity contribution in [3.05, 3.63) is 23.8 Å². The second-order valence-electron chi connectivity index (χ2n) is 5.21. The van der Waals surface area contributed by atoms with E-state index < -0.39 is 0 Å². The molecule has 0 saturated carbocycles. The smallest absolute Gasteiger partial charge is 0.223 e. The fourth-order valence-corrected chi connectivity index (χ4v) is 2.75. The molecule has 1 unspecified atom stereocenters. The van der Waals surface area contributed by atoms with Gasteiger partial charge in [0.2, 0.25) is 11.8 Å². The largest absolute Gasteiger partial charge is 0.359 e. The average Bonchev–Trinajstić information content (AvgIpc) is 2.68. The van der Waals surface area contributed by atoms with Gasteiger partial charge in [-0.15, -0.1) is 0 Å². The zero-order valence-electron chi connectivity index (χ0n) is 11.5. The fourth-order valence-electron chi connectivity index (χ4n) is 2.75. The quantitative estimate of drug-likeness (QED) is 0.840. The molecular weight excluding hydrogens is 240 g/mol. The Bertz CT molecular complexity index is 412. The number of nitrogens with zero attached hydrogens (tertiary/aromatic N) is 1. The molecule has 1 aliphatic carbocycles. The first-order valence-electron chi connectivity index (χ1n) is 7.04. The lowest BCUT2D eigenvalue weighted by Gasteiger charge is -2.34. The van der Waals surface area contributed by atoms with Gasteiger partial charge in [-0.25, -0.2) is 0 Å². The van der Waals surface area contributed by atoms with Gasteiger partial charge >= 0.3 is 0 Å². The highest BCUT2D eigenvalue weighted by Crippen LogP contribution is 2.29. The van der Waals surface area contributed by atoms with Crippen molar-refractivity contribution in [3.8, 4) is 0 Å². The Balaban J connectivity index is 1.86. The SMILES string of the molecule is CNC(=O)CCC(=O)N1CCC2=CC=CCCC2C1. The van der Waals surface area contributed by atoms with Crippen LogP contribution in [0.5, 0.6) is 0 Å². The lowest BCUT2D eigenvalue weighted by molar-refractivity contribution is -0.134. The Hall–Kier alpha value is -1.58. The molecule has 0 aromatic carbocycles. The number of rotatable bonds is 3. The molecule has 1 aliphatic heterocycles. The second-order valence-corrected chi connectivity index (χ2v) is 5.21. The van der Waals surface area contributed by atoms with Crippen LogP contribution >= 0.6 is 0 Å². The highest BCUT2D eigenvalue weighted by atomic mass is 16.2. The summed E-state index contributed by atoms with van der Waals surface area (Å²) in [5.74, 6) is 0.553. The summed E-state index contributed by atoms with van der Waals surface area (Å²) in [7, 11) is 1.60. The van der Waals surface area contributed by atoms with Crippen LogP contribution in [0.25, 0.3) is 0 Å². The van der Waals surface area contributed by atoms with E-state index in [4.69, 9.17) is 0 Å². The van der Waals surface area contributed by atoms with E-state index in [0.717, 1.165) is 32.4 Å². The van der Waals surface area contributed by atoms with E-state index in [2.05, 4.69) is 23.5 Å². The first-order chi connectivity index (χ1) is 9.20. The molecule has 2 amide bonds. The van der Waals surface area contributed by atoms with Gasteiger partial charge in [0.1, 0.15) is 0 Å². The molecule has 0 spiro atoms. The predicted molar refractivity (Wildman–Crippen MR) is 74.4 cm³/mol. The normalized spacial score (nSPS) is 22.3.